The number of aromatic nitrogens is 2. The zero-order valence-corrected chi connectivity index (χ0v) is 11.9. The highest BCUT2D eigenvalue weighted by Crippen LogP contribution is 2.39. The minimum atomic E-state index is 0.458. The molecule has 2 aliphatic heterocycles. The first-order valence-electron chi connectivity index (χ1n) is 6.88. The number of fused-ring (bicyclic) bond motifs is 2. The van der Waals surface area contributed by atoms with Crippen LogP contribution in [-0.4, -0.2) is 28.0 Å². The Labute approximate surface area is 112 Å². The van der Waals surface area contributed by atoms with Crippen molar-refractivity contribution in [3.8, 4) is 0 Å². The fourth-order valence-corrected chi connectivity index (χ4v) is 3.85. The second-order valence-electron chi connectivity index (χ2n) is 5.85. The fourth-order valence-electron chi connectivity index (χ4n) is 2.96. The molecule has 1 aromatic heterocycles. The Morgan fingerprint density at radius 3 is 3.00 bits per heavy atom. The van der Waals surface area contributed by atoms with Crippen LogP contribution in [0.2, 0.25) is 0 Å². The molecule has 1 N–H and O–H groups in total. The maximum Gasteiger partial charge on any atom is 0.231 e. The van der Waals surface area contributed by atoms with Gasteiger partial charge in [0.1, 0.15) is 0 Å². The molecular formula is C13H21N3OS. The summed E-state index contributed by atoms with van der Waals surface area (Å²) in [6.07, 6.45) is 3.74. The smallest absolute Gasteiger partial charge is 0.231 e. The molecule has 18 heavy (non-hydrogen) atoms. The molecule has 2 fully saturated rings. The second kappa shape index (κ2) is 5.21. The lowest BCUT2D eigenvalue weighted by molar-refractivity contribution is 0.327. The van der Waals surface area contributed by atoms with Gasteiger partial charge in [-0.05, 0) is 30.9 Å². The fraction of sp³-hybridized carbons (Fsp3) is 0.846. The van der Waals surface area contributed by atoms with Crippen LogP contribution in [0.25, 0.3) is 0 Å². The van der Waals surface area contributed by atoms with Crippen LogP contribution in [0.15, 0.2) is 4.52 Å². The topological polar surface area (TPSA) is 51.0 Å². The quantitative estimate of drug-likeness (QED) is 0.888. The van der Waals surface area contributed by atoms with Gasteiger partial charge >= 0.3 is 0 Å². The maximum atomic E-state index is 5.44. The zero-order valence-electron chi connectivity index (χ0n) is 11.1. The third-order valence-electron chi connectivity index (χ3n) is 3.78. The number of thioether (sulfide) groups is 1. The molecule has 0 spiro atoms. The summed E-state index contributed by atoms with van der Waals surface area (Å²) in [4.78, 5) is 4.57. The van der Waals surface area contributed by atoms with Crippen molar-refractivity contribution in [2.75, 3.05) is 5.75 Å². The number of nitrogens with zero attached hydrogens (tertiary/aromatic N) is 2. The van der Waals surface area contributed by atoms with Gasteiger partial charge in [-0.25, -0.2) is 0 Å². The van der Waals surface area contributed by atoms with Crippen molar-refractivity contribution in [1.82, 2.24) is 15.5 Å². The Morgan fingerprint density at radius 2 is 2.33 bits per heavy atom. The van der Waals surface area contributed by atoms with Crippen LogP contribution in [-0.2, 0) is 5.75 Å². The van der Waals surface area contributed by atoms with Gasteiger partial charge in [0.05, 0.1) is 11.7 Å². The van der Waals surface area contributed by atoms with Crippen LogP contribution in [0.5, 0.6) is 0 Å². The van der Waals surface area contributed by atoms with Gasteiger partial charge in [-0.15, -0.1) is 0 Å². The van der Waals surface area contributed by atoms with Crippen LogP contribution in [0.3, 0.4) is 0 Å². The van der Waals surface area contributed by atoms with Gasteiger partial charge in [0, 0.05) is 12.1 Å². The molecule has 3 unspecified atom stereocenters. The molecule has 3 atom stereocenters. The number of hydrogen-bond donors (Lipinski definition) is 1. The van der Waals surface area contributed by atoms with E-state index in [2.05, 4.69) is 29.3 Å². The lowest BCUT2D eigenvalue weighted by Crippen LogP contribution is -2.21. The largest absolute Gasteiger partial charge is 0.339 e. The first-order chi connectivity index (χ1) is 8.72. The SMILES string of the molecule is CC(C)CSCc1noc(C2CC3CCC2N3)n1. The Balaban J connectivity index is 1.56. The van der Waals surface area contributed by atoms with Crippen LogP contribution in [0.4, 0.5) is 0 Å². The van der Waals surface area contributed by atoms with Crippen molar-refractivity contribution in [1.29, 1.82) is 0 Å². The predicted octanol–water partition coefficient (Wildman–Crippen LogP) is 2.57. The van der Waals surface area contributed by atoms with Gasteiger partial charge < -0.3 is 9.84 Å². The third kappa shape index (κ3) is 2.57. The van der Waals surface area contributed by atoms with Crippen molar-refractivity contribution in [2.45, 2.75) is 56.9 Å². The van der Waals surface area contributed by atoms with Crippen LogP contribution < -0.4 is 5.32 Å². The normalized spacial score (nSPS) is 30.5. The van der Waals surface area contributed by atoms with E-state index in [0.29, 0.717) is 18.0 Å². The highest BCUT2D eigenvalue weighted by molar-refractivity contribution is 7.98. The number of nitrogens with one attached hydrogen (secondary N) is 1. The van der Waals surface area contributed by atoms with E-state index in [1.807, 2.05) is 11.8 Å². The molecule has 0 aromatic carbocycles. The molecule has 1 aromatic rings. The molecule has 3 heterocycles. The summed E-state index contributed by atoms with van der Waals surface area (Å²) in [6.45, 7) is 4.46. The lowest BCUT2D eigenvalue weighted by Gasteiger charge is -2.15. The van der Waals surface area contributed by atoms with Gasteiger partial charge in [0.25, 0.3) is 0 Å². The lowest BCUT2D eigenvalue weighted by atomic mass is 9.89. The van der Waals surface area contributed by atoms with Crippen molar-refractivity contribution in [3.05, 3.63) is 11.7 Å². The van der Waals surface area contributed by atoms with Crippen molar-refractivity contribution in [2.24, 2.45) is 5.92 Å². The van der Waals surface area contributed by atoms with E-state index in [0.717, 1.165) is 29.1 Å². The van der Waals surface area contributed by atoms with Gasteiger partial charge in [0.2, 0.25) is 5.89 Å². The summed E-state index contributed by atoms with van der Waals surface area (Å²) in [5, 5.41) is 7.72. The molecular weight excluding hydrogens is 246 g/mol. The Bertz CT molecular complexity index is 407. The highest BCUT2D eigenvalue weighted by Gasteiger charge is 2.42. The van der Waals surface area contributed by atoms with Gasteiger partial charge in [0.15, 0.2) is 5.82 Å². The first kappa shape index (κ1) is 12.5. The van der Waals surface area contributed by atoms with E-state index in [4.69, 9.17) is 4.52 Å². The summed E-state index contributed by atoms with van der Waals surface area (Å²) >= 11 is 1.89. The van der Waals surface area contributed by atoms with E-state index in [1.165, 1.54) is 19.3 Å². The van der Waals surface area contributed by atoms with E-state index >= 15 is 0 Å². The molecule has 100 valence electrons. The van der Waals surface area contributed by atoms with E-state index < -0.39 is 0 Å². The van der Waals surface area contributed by atoms with Gasteiger partial charge in [-0.2, -0.15) is 16.7 Å². The van der Waals surface area contributed by atoms with Gasteiger partial charge in [-0.1, -0.05) is 19.0 Å². The molecule has 0 saturated carbocycles. The summed E-state index contributed by atoms with van der Waals surface area (Å²) in [5.41, 5.74) is 0. The molecule has 3 rings (SSSR count). The molecule has 0 aliphatic carbocycles. The highest BCUT2D eigenvalue weighted by atomic mass is 32.2. The van der Waals surface area contributed by atoms with Crippen LogP contribution in [0.1, 0.15) is 50.7 Å². The second-order valence-corrected chi connectivity index (χ2v) is 6.88. The zero-order chi connectivity index (χ0) is 12.5. The maximum absolute atomic E-state index is 5.44. The number of hydrogen-bond acceptors (Lipinski definition) is 5. The minimum Gasteiger partial charge on any atom is -0.339 e. The third-order valence-corrected chi connectivity index (χ3v) is 5.15. The average Bonchev–Trinajstić information content (AvgIpc) is 3.03. The summed E-state index contributed by atoms with van der Waals surface area (Å²) in [6, 6.07) is 1.26. The van der Waals surface area contributed by atoms with Gasteiger partial charge in [-0.3, -0.25) is 0 Å². The predicted molar refractivity (Wildman–Crippen MR) is 72.6 cm³/mol. The molecule has 2 aliphatic rings. The Kier molecular flexibility index (Phi) is 3.61. The molecule has 4 nitrogen and oxygen atoms in total. The molecule has 5 heteroatoms. The summed E-state index contributed by atoms with van der Waals surface area (Å²) in [7, 11) is 0. The van der Waals surface area contributed by atoms with Crippen LogP contribution in [0, 0.1) is 5.92 Å². The van der Waals surface area contributed by atoms with E-state index in [1.54, 1.807) is 0 Å². The molecule has 0 radical (unpaired) electrons. The summed E-state index contributed by atoms with van der Waals surface area (Å²) < 4.78 is 5.44. The Hall–Kier alpha value is -0.550. The molecule has 0 amide bonds. The average molecular weight is 267 g/mol. The first-order valence-corrected chi connectivity index (χ1v) is 8.04. The van der Waals surface area contributed by atoms with Crippen molar-refractivity contribution >= 4 is 11.8 Å². The minimum absolute atomic E-state index is 0.458. The number of rotatable bonds is 5. The molecule has 2 bridgehead atoms. The van der Waals surface area contributed by atoms with Crippen molar-refractivity contribution < 1.29 is 4.52 Å². The van der Waals surface area contributed by atoms with E-state index in [-0.39, 0.29) is 0 Å². The Morgan fingerprint density at radius 1 is 1.44 bits per heavy atom. The summed E-state index contributed by atoms with van der Waals surface area (Å²) in [5.74, 6) is 4.92. The van der Waals surface area contributed by atoms with Crippen molar-refractivity contribution in [3.63, 3.8) is 0 Å². The van der Waals surface area contributed by atoms with E-state index in [9.17, 15) is 0 Å². The standard InChI is InChI=1S/C13H21N3OS/c1-8(2)6-18-7-12-15-13(17-16-12)10-5-9-3-4-11(10)14-9/h8-11,14H,3-7H2,1-2H3. The molecule has 2 saturated heterocycles. The monoisotopic (exact) mass is 267 g/mol. The van der Waals surface area contributed by atoms with Crippen LogP contribution >= 0.6 is 11.8 Å².